The SMILES string of the molecule is Cc1cc(C=Nn2c(C)nc3ccc(Br)cc3c2=O)c(C)n1-c1ccc(OCc2cccc([N+](=O)[O-])c2)cc1. The Morgan fingerprint density at radius 3 is 2.56 bits per heavy atom. The molecule has 0 aliphatic carbocycles. The van der Waals surface area contributed by atoms with Crippen LogP contribution in [0.1, 0.15) is 28.3 Å². The van der Waals surface area contributed by atoms with E-state index in [0.29, 0.717) is 22.5 Å². The van der Waals surface area contributed by atoms with E-state index >= 15 is 0 Å². The summed E-state index contributed by atoms with van der Waals surface area (Å²) in [6, 6.07) is 21.4. The van der Waals surface area contributed by atoms with Crippen LogP contribution in [0.3, 0.4) is 0 Å². The van der Waals surface area contributed by atoms with Crippen LogP contribution >= 0.6 is 15.9 Å². The third-order valence-corrected chi connectivity index (χ3v) is 6.87. The normalized spacial score (nSPS) is 11.4. The van der Waals surface area contributed by atoms with E-state index in [9.17, 15) is 14.9 Å². The summed E-state index contributed by atoms with van der Waals surface area (Å²) in [5.74, 6) is 1.15. The molecule has 0 aliphatic rings. The summed E-state index contributed by atoms with van der Waals surface area (Å²) in [6.07, 6.45) is 1.68. The van der Waals surface area contributed by atoms with E-state index in [2.05, 4.69) is 30.6 Å². The summed E-state index contributed by atoms with van der Waals surface area (Å²) in [5, 5.41) is 16.0. The maximum absolute atomic E-state index is 13.1. The van der Waals surface area contributed by atoms with E-state index < -0.39 is 4.92 Å². The fourth-order valence-corrected chi connectivity index (χ4v) is 4.81. The number of aryl methyl sites for hydroxylation is 2. The van der Waals surface area contributed by atoms with Crippen molar-refractivity contribution in [2.75, 3.05) is 0 Å². The zero-order chi connectivity index (χ0) is 27.7. The van der Waals surface area contributed by atoms with Crippen molar-refractivity contribution in [3.63, 3.8) is 0 Å². The molecule has 0 atom stereocenters. The van der Waals surface area contributed by atoms with E-state index in [1.54, 1.807) is 37.4 Å². The van der Waals surface area contributed by atoms with Gasteiger partial charge in [-0.3, -0.25) is 14.9 Å². The quantitative estimate of drug-likeness (QED) is 0.128. The van der Waals surface area contributed by atoms with Crippen LogP contribution in [0.5, 0.6) is 5.75 Å². The monoisotopic (exact) mass is 585 g/mol. The molecule has 0 unspecified atom stereocenters. The molecule has 2 heterocycles. The summed E-state index contributed by atoms with van der Waals surface area (Å²) in [7, 11) is 0. The molecule has 10 heteroatoms. The highest BCUT2D eigenvalue weighted by atomic mass is 79.9. The second-order valence-electron chi connectivity index (χ2n) is 9.05. The van der Waals surface area contributed by atoms with Gasteiger partial charge in [0.05, 0.1) is 22.0 Å². The van der Waals surface area contributed by atoms with Crippen LogP contribution in [0.4, 0.5) is 5.69 Å². The Bertz CT molecular complexity index is 1810. The largest absolute Gasteiger partial charge is 0.489 e. The molecule has 0 radical (unpaired) electrons. The van der Waals surface area contributed by atoms with E-state index in [4.69, 9.17) is 4.74 Å². The molecule has 0 spiro atoms. The predicted molar refractivity (Wildman–Crippen MR) is 154 cm³/mol. The Morgan fingerprint density at radius 1 is 1.05 bits per heavy atom. The Kier molecular flexibility index (Phi) is 7.12. The predicted octanol–water partition coefficient (Wildman–Crippen LogP) is 6.24. The molecule has 0 saturated carbocycles. The second-order valence-corrected chi connectivity index (χ2v) is 9.97. The number of nitro groups is 1. The van der Waals surface area contributed by atoms with Crippen LogP contribution in [0, 0.1) is 30.9 Å². The molecule has 0 saturated heterocycles. The van der Waals surface area contributed by atoms with Crippen LogP contribution in [-0.4, -0.2) is 25.4 Å². The third kappa shape index (κ3) is 5.37. The minimum absolute atomic E-state index is 0.0364. The van der Waals surface area contributed by atoms with Gasteiger partial charge in [0.25, 0.3) is 11.2 Å². The van der Waals surface area contributed by atoms with Gasteiger partial charge in [-0.1, -0.05) is 28.1 Å². The summed E-state index contributed by atoms with van der Waals surface area (Å²) in [6.45, 7) is 5.98. The first-order chi connectivity index (χ1) is 18.7. The Hall–Kier alpha value is -4.57. The number of nitrogens with zero attached hydrogens (tertiary/aromatic N) is 5. The summed E-state index contributed by atoms with van der Waals surface area (Å²) < 4.78 is 10.0. The number of hydrogen-bond acceptors (Lipinski definition) is 6. The molecular weight excluding hydrogens is 562 g/mol. The first kappa shape index (κ1) is 26.1. The number of fused-ring (bicyclic) bond motifs is 1. The van der Waals surface area contributed by atoms with Crippen molar-refractivity contribution < 1.29 is 9.66 Å². The smallest absolute Gasteiger partial charge is 0.282 e. The fraction of sp³-hybridized carbons (Fsp3) is 0.138. The molecule has 5 aromatic rings. The molecule has 0 fully saturated rings. The standard InChI is InChI=1S/C29H24BrN5O4/c1-18-13-22(16-31-34-20(3)32-28-12-7-23(30)15-27(28)29(34)36)19(2)33(18)24-8-10-26(11-9-24)39-17-21-5-4-6-25(14-21)35(37)38/h4-16H,17H2,1-3H3. The maximum atomic E-state index is 13.1. The van der Waals surface area contributed by atoms with Gasteiger partial charge in [0.2, 0.25) is 0 Å². The lowest BCUT2D eigenvalue weighted by atomic mass is 10.2. The zero-order valence-corrected chi connectivity index (χ0v) is 23.0. The maximum Gasteiger partial charge on any atom is 0.282 e. The number of ether oxygens (including phenoxy) is 1. The van der Waals surface area contributed by atoms with Crippen molar-refractivity contribution in [1.82, 2.24) is 14.2 Å². The molecule has 5 rings (SSSR count). The highest BCUT2D eigenvalue weighted by Crippen LogP contribution is 2.23. The van der Waals surface area contributed by atoms with E-state index in [-0.39, 0.29) is 17.9 Å². The minimum atomic E-state index is -0.420. The van der Waals surface area contributed by atoms with Gasteiger partial charge in [0.15, 0.2) is 0 Å². The summed E-state index contributed by atoms with van der Waals surface area (Å²) in [5.41, 5.74) is 4.93. The van der Waals surface area contributed by atoms with Crippen molar-refractivity contribution in [2.24, 2.45) is 5.10 Å². The van der Waals surface area contributed by atoms with Gasteiger partial charge in [0, 0.05) is 39.2 Å². The van der Waals surface area contributed by atoms with E-state index in [1.165, 1.54) is 16.8 Å². The van der Waals surface area contributed by atoms with Crippen LogP contribution in [0.15, 0.2) is 87.2 Å². The molecular formula is C29H24BrN5O4. The first-order valence-electron chi connectivity index (χ1n) is 12.1. The van der Waals surface area contributed by atoms with Gasteiger partial charge >= 0.3 is 0 Å². The minimum Gasteiger partial charge on any atom is -0.489 e. The molecule has 3 aromatic carbocycles. The Morgan fingerprint density at radius 2 is 1.82 bits per heavy atom. The number of aromatic nitrogens is 3. The lowest BCUT2D eigenvalue weighted by Gasteiger charge is -2.11. The number of benzene rings is 3. The topological polar surface area (TPSA) is 105 Å². The van der Waals surface area contributed by atoms with Gasteiger partial charge in [-0.15, -0.1) is 0 Å². The molecule has 0 amide bonds. The van der Waals surface area contributed by atoms with Gasteiger partial charge in [-0.05, 0) is 74.9 Å². The number of halogens is 1. The van der Waals surface area contributed by atoms with Gasteiger partial charge in [-0.25, -0.2) is 4.98 Å². The lowest BCUT2D eigenvalue weighted by molar-refractivity contribution is -0.384. The van der Waals surface area contributed by atoms with Crippen LogP contribution in [0.2, 0.25) is 0 Å². The fourth-order valence-electron chi connectivity index (χ4n) is 4.45. The van der Waals surface area contributed by atoms with Crippen molar-refractivity contribution in [2.45, 2.75) is 27.4 Å². The second kappa shape index (κ2) is 10.7. The van der Waals surface area contributed by atoms with Crippen LogP contribution in [-0.2, 0) is 6.61 Å². The Labute approximate surface area is 232 Å². The van der Waals surface area contributed by atoms with Gasteiger partial charge < -0.3 is 9.30 Å². The molecule has 0 aliphatic heterocycles. The number of non-ortho nitro benzene ring substituents is 1. The molecule has 9 nitrogen and oxygen atoms in total. The number of nitro benzene ring substituents is 1. The van der Waals surface area contributed by atoms with Crippen molar-refractivity contribution >= 4 is 38.7 Å². The van der Waals surface area contributed by atoms with Gasteiger partial charge in [-0.2, -0.15) is 9.78 Å². The molecule has 39 heavy (non-hydrogen) atoms. The highest BCUT2D eigenvalue weighted by molar-refractivity contribution is 9.10. The van der Waals surface area contributed by atoms with Crippen LogP contribution in [0.25, 0.3) is 16.6 Å². The number of hydrogen-bond donors (Lipinski definition) is 0. The summed E-state index contributed by atoms with van der Waals surface area (Å²) in [4.78, 5) is 28.2. The van der Waals surface area contributed by atoms with E-state index in [0.717, 1.165) is 32.7 Å². The van der Waals surface area contributed by atoms with Crippen molar-refractivity contribution in [3.8, 4) is 11.4 Å². The van der Waals surface area contributed by atoms with Crippen molar-refractivity contribution in [3.05, 3.63) is 126 Å². The molecule has 0 N–H and O–H groups in total. The van der Waals surface area contributed by atoms with Crippen LogP contribution < -0.4 is 10.3 Å². The third-order valence-electron chi connectivity index (χ3n) is 6.37. The highest BCUT2D eigenvalue weighted by Gasteiger charge is 2.12. The lowest BCUT2D eigenvalue weighted by Crippen LogP contribution is -2.20. The van der Waals surface area contributed by atoms with E-state index in [1.807, 2.05) is 50.2 Å². The zero-order valence-electron chi connectivity index (χ0n) is 21.5. The first-order valence-corrected chi connectivity index (χ1v) is 12.9. The summed E-state index contributed by atoms with van der Waals surface area (Å²) >= 11 is 3.41. The average Bonchev–Trinajstić information content (AvgIpc) is 3.20. The Balaban J connectivity index is 1.37. The average molecular weight is 586 g/mol. The molecule has 0 bridgehead atoms. The number of rotatable bonds is 7. The molecule has 196 valence electrons. The molecule has 2 aromatic heterocycles. The van der Waals surface area contributed by atoms with Crippen molar-refractivity contribution in [1.29, 1.82) is 0 Å². The van der Waals surface area contributed by atoms with Gasteiger partial charge in [0.1, 0.15) is 18.2 Å².